The molecule has 1 aromatic carbocycles. The van der Waals surface area contributed by atoms with E-state index >= 15 is 0 Å². The molecule has 0 saturated heterocycles. The van der Waals surface area contributed by atoms with Gasteiger partial charge in [0.25, 0.3) is 5.91 Å². The second kappa shape index (κ2) is 5.14. The van der Waals surface area contributed by atoms with Crippen molar-refractivity contribution >= 4 is 17.3 Å². The lowest BCUT2D eigenvalue weighted by Gasteiger charge is -2.06. The number of rotatable bonds is 2. The maximum absolute atomic E-state index is 13.5. The number of anilines is 2. The van der Waals surface area contributed by atoms with Crippen molar-refractivity contribution in [3.8, 4) is 6.07 Å². The molecule has 0 aliphatic carbocycles. The van der Waals surface area contributed by atoms with E-state index in [1.165, 1.54) is 30.5 Å². The summed E-state index contributed by atoms with van der Waals surface area (Å²) in [5.41, 5.74) is 6.13. The second-order valence-corrected chi connectivity index (χ2v) is 3.74. The molecule has 1 aromatic heterocycles. The van der Waals surface area contributed by atoms with Crippen LogP contribution in [0, 0.1) is 17.1 Å². The number of nitrogens with one attached hydrogen (secondary N) is 1. The van der Waals surface area contributed by atoms with Gasteiger partial charge in [-0.05, 0) is 30.3 Å². The molecule has 2 aromatic rings. The van der Waals surface area contributed by atoms with Crippen LogP contribution in [-0.2, 0) is 0 Å². The Morgan fingerprint density at radius 2 is 2.16 bits per heavy atom. The van der Waals surface area contributed by atoms with Crippen LogP contribution in [0.3, 0.4) is 0 Å². The first-order valence-electron chi connectivity index (χ1n) is 5.32. The first kappa shape index (κ1) is 12.5. The highest BCUT2D eigenvalue weighted by molar-refractivity contribution is 6.03. The number of nitrogens with two attached hydrogens (primary N) is 1. The summed E-state index contributed by atoms with van der Waals surface area (Å²) >= 11 is 0. The average molecular weight is 256 g/mol. The summed E-state index contributed by atoms with van der Waals surface area (Å²) in [6, 6.07) is 8.70. The van der Waals surface area contributed by atoms with Gasteiger partial charge >= 0.3 is 0 Å². The molecule has 2 rings (SSSR count). The molecular weight excluding hydrogens is 247 g/mol. The van der Waals surface area contributed by atoms with Crippen LogP contribution in [0.25, 0.3) is 0 Å². The van der Waals surface area contributed by atoms with Gasteiger partial charge in [-0.3, -0.25) is 4.79 Å². The molecule has 0 fully saturated rings. The van der Waals surface area contributed by atoms with E-state index in [2.05, 4.69) is 10.3 Å². The maximum atomic E-state index is 13.5. The molecule has 0 saturated carbocycles. The van der Waals surface area contributed by atoms with Crippen LogP contribution in [0.15, 0.2) is 36.5 Å². The van der Waals surface area contributed by atoms with Gasteiger partial charge in [-0.2, -0.15) is 5.26 Å². The molecule has 0 aliphatic heterocycles. The molecule has 0 unspecified atom stereocenters. The van der Waals surface area contributed by atoms with Gasteiger partial charge in [0.2, 0.25) is 0 Å². The van der Waals surface area contributed by atoms with E-state index in [0.29, 0.717) is 5.56 Å². The van der Waals surface area contributed by atoms with Crippen molar-refractivity contribution in [2.24, 2.45) is 0 Å². The number of hydrogen-bond donors (Lipinski definition) is 2. The van der Waals surface area contributed by atoms with Crippen LogP contribution >= 0.6 is 0 Å². The van der Waals surface area contributed by atoms with Crippen LogP contribution in [0.1, 0.15) is 16.1 Å². The molecule has 0 spiro atoms. The van der Waals surface area contributed by atoms with Crippen molar-refractivity contribution in [3.63, 3.8) is 0 Å². The highest BCUT2D eigenvalue weighted by Gasteiger charge is 2.10. The third-order valence-electron chi connectivity index (χ3n) is 2.37. The van der Waals surface area contributed by atoms with Crippen LogP contribution in [0.5, 0.6) is 0 Å². The number of aromatic nitrogens is 1. The molecule has 0 atom stereocenters. The van der Waals surface area contributed by atoms with Gasteiger partial charge in [-0.1, -0.05) is 0 Å². The van der Waals surface area contributed by atoms with Gasteiger partial charge < -0.3 is 11.1 Å². The zero-order valence-corrected chi connectivity index (χ0v) is 9.72. The minimum atomic E-state index is -0.623. The van der Waals surface area contributed by atoms with Crippen molar-refractivity contribution < 1.29 is 9.18 Å². The van der Waals surface area contributed by atoms with Gasteiger partial charge in [0.1, 0.15) is 17.6 Å². The Morgan fingerprint density at radius 3 is 2.74 bits per heavy atom. The molecule has 0 bridgehead atoms. The van der Waals surface area contributed by atoms with Crippen molar-refractivity contribution in [1.29, 1.82) is 5.26 Å². The van der Waals surface area contributed by atoms with E-state index in [9.17, 15) is 9.18 Å². The molecule has 94 valence electrons. The predicted octanol–water partition coefficient (Wildman–Crippen LogP) is 1.93. The first-order chi connectivity index (χ1) is 9.10. The first-order valence-corrected chi connectivity index (χ1v) is 5.32. The zero-order valence-electron chi connectivity index (χ0n) is 9.72. The normalized spacial score (nSPS) is 9.68. The standard InChI is InChI=1S/C13H9FN4O/c14-10-5-9(16)2-4-11(10)18-13(19)12-3-1-8(6-15)7-17-12/h1-5,7H,16H2,(H,18,19). The van der Waals surface area contributed by atoms with Gasteiger partial charge in [0.05, 0.1) is 11.3 Å². The summed E-state index contributed by atoms with van der Waals surface area (Å²) in [4.78, 5) is 15.6. The Morgan fingerprint density at radius 1 is 1.37 bits per heavy atom. The Balaban J connectivity index is 2.18. The molecule has 19 heavy (non-hydrogen) atoms. The third kappa shape index (κ3) is 2.84. The lowest BCUT2D eigenvalue weighted by Crippen LogP contribution is -2.14. The van der Waals surface area contributed by atoms with Gasteiger partial charge in [0, 0.05) is 11.9 Å². The monoisotopic (exact) mass is 256 g/mol. The number of nitriles is 1. The molecule has 6 heteroatoms. The van der Waals surface area contributed by atoms with E-state index in [-0.39, 0.29) is 17.1 Å². The largest absolute Gasteiger partial charge is 0.399 e. The van der Waals surface area contributed by atoms with Gasteiger partial charge in [-0.15, -0.1) is 0 Å². The minimum absolute atomic E-state index is 0.0189. The summed E-state index contributed by atoms with van der Waals surface area (Å²) in [6.45, 7) is 0. The number of amides is 1. The predicted molar refractivity (Wildman–Crippen MR) is 67.7 cm³/mol. The van der Waals surface area contributed by atoms with Crippen molar-refractivity contribution in [3.05, 3.63) is 53.6 Å². The van der Waals surface area contributed by atoms with E-state index in [0.717, 1.165) is 6.07 Å². The number of benzene rings is 1. The minimum Gasteiger partial charge on any atom is -0.399 e. The fraction of sp³-hybridized carbons (Fsp3) is 0. The fourth-order valence-electron chi connectivity index (χ4n) is 1.41. The number of halogens is 1. The van der Waals surface area contributed by atoms with Crippen molar-refractivity contribution in [2.75, 3.05) is 11.1 Å². The summed E-state index contributed by atoms with van der Waals surface area (Å²) in [5, 5.41) is 11.0. The summed E-state index contributed by atoms with van der Waals surface area (Å²) < 4.78 is 13.5. The number of pyridine rings is 1. The SMILES string of the molecule is N#Cc1ccc(C(=O)Nc2ccc(N)cc2F)nc1. The molecule has 0 aliphatic rings. The quantitative estimate of drug-likeness (QED) is 0.803. The Bertz CT molecular complexity index is 661. The van der Waals surface area contributed by atoms with E-state index in [4.69, 9.17) is 11.0 Å². The van der Waals surface area contributed by atoms with E-state index in [1.807, 2.05) is 6.07 Å². The van der Waals surface area contributed by atoms with Crippen LogP contribution < -0.4 is 11.1 Å². The Labute approximate surface area is 108 Å². The molecule has 5 nitrogen and oxygen atoms in total. The Kier molecular flexibility index (Phi) is 3.39. The van der Waals surface area contributed by atoms with Crippen LogP contribution in [0.2, 0.25) is 0 Å². The second-order valence-electron chi connectivity index (χ2n) is 3.74. The highest BCUT2D eigenvalue weighted by atomic mass is 19.1. The molecule has 1 amide bonds. The summed E-state index contributed by atoms with van der Waals surface area (Å²) in [5.74, 6) is -1.19. The van der Waals surface area contributed by atoms with Gasteiger partial charge in [0.15, 0.2) is 0 Å². The molecule has 3 N–H and O–H groups in total. The fourth-order valence-corrected chi connectivity index (χ4v) is 1.41. The maximum Gasteiger partial charge on any atom is 0.274 e. The third-order valence-corrected chi connectivity index (χ3v) is 2.37. The van der Waals surface area contributed by atoms with Crippen molar-refractivity contribution in [1.82, 2.24) is 4.98 Å². The van der Waals surface area contributed by atoms with Crippen molar-refractivity contribution in [2.45, 2.75) is 0 Å². The summed E-state index contributed by atoms with van der Waals surface area (Å²) in [7, 11) is 0. The van der Waals surface area contributed by atoms with Crippen LogP contribution in [-0.4, -0.2) is 10.9 Å². The smallest absolute Gasteiger partial charge is 0.274 e. The molecule has 1 heterocycles. The number of nitrogens with zero attached hydrogens (tertiary/aromatic N) is 2. The Hall–Kier alpha value is -2.94. The number of nitrogen functional groups attached to an aromatic ring is 1. The number of hydrogen-bond acceptors (Lipinski definition) is 4. The topological polar surface area (TPSA) is 91.8 Å². The van der Waals surface area contributed by atoms with Crippen LogP contribution in [0.4, 0.5) is 15.8 Å². The lowest BCUT2D eigenvalue weighted by molar-refractivity contribution is 0.102. The molecular formula is C13H9FN4O. The lowest BCUT2D eigenvalue weighted by atomic mass is 10.2. The summed E-state index contributed by atoms with van der Waals surface area (Å²) in [6.07, 6.45) is 1.27. The van der Waals surface area contributed by atoms with Gasteiger partial charge in [-0.25, -0.2) is 9.37 Å². The average Bonchev–Trinajstić information content (AvgIpc) is 2.42. The van der Waals surface area contributed by atoms with E-state index < -0.39 is 11.7 Å². The number of carbonyl (C=O) groups is 1. The van der Waals surface area contributed by atoms with E-state index in [1.54, 1.807) is 0 Å². The highest BCUT2D eigenvalue weighted by Crippen LogP contribution is 2.17. The molecule has 0 radical (unpaired) electrons. The zero-order chi connectivity index (χ0) is 13.8. The number of carbonyl (C=O) groups excluding carboxylic acids is 1.